The summed E-state index contributed by atoms with van der Waals surface area (Å²) in [5.74, 6) is -1.32. The highest BCUT2D eigenvalue weighted by Crippen LogP contribution is 2.13. The van der Waals surface area contributed by atoms with Crippen LogP contribution in [0.1, 0.15) is 12.5 Å². The Morgan fingerprint density at radius 1 is 1.04 bits per heavy atom. The van der Waals surface area contributed by atoms with Crippen molar-refractivity contribution >= 4 is 27.6 Å². The molecule has 3 amide bonds. The van der Waals surface area contributed by atoms with Crippen LogP contribution >= 0.6 is 0 Å². The number of urea groups is 1. The second-order valence-corrected chi connectivity index (χ2v) is 7.27. The van der Waals surface area contributed by atoms with E-state index < -0.39 is 33.8 Å². The van der Waals surface area contributed by atoms with Crippen molar-refractivity contribution in [1.29, 1.82) is 0 Å². The lowest BCUT2D eigenvalue weighted by atomic mass is 10.2. The Labute approximate surface area is 150 Å². The Hall–Kier alpha value is -2.94. The summed E-state index contributed by atoms with van der Waals surface area (Å²) in [6.07, 6.45) is 0. The molecule has 26 heavy (non-hydrogen) atoms. The van der Waals surface area contributed by atoms with E-state index in [1.807, 2.05) is 4.72 Å². The van der Waals surface area contributed by atoms with Gasteiger partial charge in [-0.25, -0.2) is 22.3 Å². The third-order valence-electron chi connectivity index (χ3n) is 3.43. The van der Waals surface area contributed by atoms with Crippen LogP contribution in [0.15, 0.2) is 53.4 Å². The van der Waals surface area contributed by atoms with Crippen LogP contribution in [0.5, 0.6) is 0 Å². The molecule has 0 bridgehead atoms. The summed E-state index contributed by atoms with van der Waals surface area (Å²) in [7, 11) is -4.07. The van der Waals surface area contributed by atoms with Crippen molar-refractivity contribution in [2.75, 3.05) is 5.32 Å². The minimum Gasteiger partial charge on any atom is -0.326 e. The fraction of sp³-hybridized carbons (Fsp3) is 0.176. The molecule has 0 heterocycles. The standard InChI is InChI=1S/C17H18FN3O4S/c1-11-7-9-13(10-8-11)26(24,25)21-17(23)19-12(2)16(22)20-15-6-4-3-5-14(15)18/h3-10,12H,1-2H3,(H,20,22)(H2,19,21,23). The Balaban J connectivity index is 1.97. The Morgan fingerprint density at radius 2 is 1.65 bits per heavy atom. The summed E-state index contributed by atoms with van der Waals surface area (Å²) in [6, 6.07) is 9.29. The van der Waals surface area contributed by atoms with Crippen molar-refractivity contribution in [3.05, 3.63) is 59.9 Å². The summed E-state index contributed by atoms with van der Waals surface area (Å²) < 4.78 is 39.6. The van der Waals surface area contributed by atoms with Crippen molar-refractivity contribution < 1.29 is 22.4 Å². The quantitative estimate of drug-likeness (QED) is 0.740. The molecule has 0 spiro atoms. The molecule has 2 aromatic carbocycles. The van der Waals surface area contributed by atoms with Gasteiger partial charge in [-0.2, -0.15) is 0 Å². The predicted molar refractivity (Wildman–Crippen MR) is 94.5 cm³/mol. The molecule has 3 N–H and O–H groups in total. The molecule has 7 nitrogen and oxygen atoms in total. The van der Waals surface area contributed by atoms with Gasteiger partial charge in [0.15, 0.2) is 0 Å². The van der Waals surface area contributed by atoms with Crippen LogP contribution in [0.3, 0.4) is 0 Å². The minimum atomic E-state index is -4.07. The van der Waals surface area contributed by atoms with Crippen LogP contribution in [-0.2, 0) is 14.8 Å². The molecule has 0 radical (unpaired) electrons. The van der Waals surface area contributed by atoms with Gasteiger partial charge in [0.2, 0.25) is 5.91 Å². The second kappa shape index (κ2) is 7.96. The largest absolute Gasteiger partial charge is 0.329 e. The van der Waals surface area contributed by atoms with Crippen molar-refractivity contribution in [3.63, 3.8) is 0 Å². The third-order valence-corrected chi connectivity index (χ3v) is 4.78. The minimum absolute atomic E-state index is 0.0427. The zero-order chi connectivity index (χ0) is 19.3. The van der Waals surface area contributed by atoms with E-state index in [1.54, 1.807) is 19.1 Å². The van der Waals surface area contributed by atoms with E-state index in [0.29, 0.717) is 0 Å². The molecule has 138 valence electrons. The van der Waals surface area contributed by atoms with Gasteiger partial charge < -0.3 is 10.6 Å². The topological polar surface area (TPSA) is 104 Å². The monoisotopic (exact) mass is 379 g/mol. The molecule has 0 aromatic heterocycles. The number of amides is 3. The maximum atomic E-state index is 13.5. The number of hydrogen-bond donors (Lipinski definition) is 3. The summed E-state index contributed by atoms with van der Waals surface area (Å²) in [5, 5.41) is 4.50. The molecule has 1 atom stereocenters. The number of para-hydroxylation sites is 1. The first-order chi connectivity index (χ1) is 12.2. The smallest absolute Gasteiger partial charge is 0.326 e. The number of rotatable bonds is 5. The van der Waals surface area contributed by atoms with E-state index in [1.165, 1.54) is 43.3 Å². The molecule has 2 aromatic rings. The van der Waals surface area contributed by atoms with Gasteiger partial charge in [0.1, 0.15) is 11.9 Å². The average molecular weight is 379 g/mol. The van der Waals surface area contributed by atoms with Gasteiger partial charge in [-0.3, -0.25) is 4.79 Å². The van der Waals surface area contributed by atoms with Crippen LogP contribution < -0.4 is 15.4 Å². The number of sulfonamides is 1. The van der Waals surface area contributed by atoms with E-state index in [0.717, 1.165) is 5.56 Å². The average Bonchev–Trinajstić information content (AvgIpc) is 2.56. The Morgan fingerprint density at radius 3 is 2.27 bits per heavy atom. The molecule has 0 saturated carbocycles. The molecule has 0 saturated heterocycles. The normalized spacial score (nSPS) is 12.1. The zero-order valence-corrected chi connectivity index (χ0v) is 14.9. The third kappa shape index (κ3) is 5.03. The van der Waals surface area contributed by atoms with E-state index in [9.17, 15) is 22.4 Å². The lowest BCUT2D eigenvalue weighted by Crippen LogP contribution is -2.47. The van der Waals surface area contributed by atoms with Gasteiger partial charge in [-0.15, -0.1) is 0 Å². The molecule has 1 unspecified atom stereocenters. The van der Waals surface area contributed by atoms with Crippen molar-refractivity contribution in [3.8, 4) is 0 Å². The maximum Gasteiger partial charge on any atom is 0.329 e. The number of halogens is 1. The first-order valence-electron chi connectivity index (χ1n) is 7.64. The number of aryl methyl sites for hydroxylation is 1. The Bertz CT molecular complexity index is 914. The molecular weight excluding hydrogens is 361 g/mol. The van der Waals surface area contributed by atoms with Crippen LogP contribution in [0.25, 0.3) is 0 Å². The highest BCUT2D eigenvalue weighted by atomic mass is 32.2. The fourth-order valence-corrected chi connectivity index (χ4v) is 2.91. The van der Waals surface area contributed by atoms with Crippen molar-refractivity contribution in [1.82, 2.24) is 10.0 Å². The molecular formula is C17H18FN3O4S. The van der Waals surface area contributed by atoms with E-state index in [4.69, 9.17) is 0 Å². The first-order valence-corrected chi connectivity index (χ1v) is 9.13. The summed E-state index contributed by atoms with van der Waals surface area (Å²) in [5.41, 5.74) is 0.825. The van der Waals surface area contributed by atoms with Crippen molar-refractivity contribution in [2.24, 2.45) is 0 Å². The van der Waals surface area contributed by atoms with Gasteiger partial charge in [-0.1, -0.05) is 29.8 Å². The molecule has 9 heteroatoms. The van der Waals surface area contributed by atoms with E-state index in [2.05, 4.69) is 10.6 Å². The molecule has 0 aliphatic heterocycles. The van der Waals surface area contributed by atoms with Crippen molar-refractivity contribution in [2.45, 2.75) is 24.8 Å². The second-order valence-electron chi connectivity index (χ2n) is 5.58. The highest BCUT2D eigenvalue weighted by molar-refractivity contribution is 7.90. The molecule has 0 fully saturated rings. The lowest BCUT2D eigenvalue weighted by Gasteiger charge is -2.15. The zero-order valence-electron chi connectivity index (χ0n) is 14.1. The maximum absolute atomic E-state index is 13.5. The SMILES string of the molecule is Cc1ccc(S(=O)(=O)NC(=O)NC(C)C(=O)Nc2ccccc2F)cc1. The number of carbonyl (C=O) groups is 2. The van der Waals surface area contributed by atoms with E-state index >= 15 is 0 Å². The summed E-state index contributed by atoms with van der Waals surface area (Å²) in [4.78, 5) is 23.8. The summed E-state index contributed by atoms with van der Waals surface area (Å²) >= 11 is 0. The molecule has 0 aliphatic carbocycles. The van der Waals surface area contributed by atoms with Gasteiger partial charge in [0.05, 0.1) is 10.6 Å². The van der Waals surface area contributed by atoms with Crippen LogP contribution in [0, 0.1) is 12.7 Å². The number of nitrogens with one attached hydrogen (secondary N) is 3. The van der Waals surface area contributed by atoms with Gasteiger partial charge in [-0.05, 0) is 38.1 Å². The van der Waals surface area contributed by atoms with Crippen LogP contribution in [0.4, 0.5) is 14.9 Å². The Kier molecular flexibility index (Phi) is 5.93. The number of hydrogen-bond acceptors (Lipinski definition) is 4. The van der Waals surface area contributed by atoms with Gasteiger partial charge >= 0.3 is 6.03 Å². The number of anilines is 1. The first kappa shape index (κ1) is 19.4. The molecule has 0 aliphatic rings. The number of benzene rings is 2. The van der Waals surface area contributed by atoms with E-state index in [-0.39, 0.29) is 10.6 Å². The number of carbonyl (C=O) groups excluding carboxylic acids is 2. The predicted octanol–water partition coefficient (Wildman–Crippen LogP) is 2.15. The van der Waals surface area contributed by atoms with Gasteiger partial charge in [0, 0.05) is 0 Å². The fourth-order valence-electron chi connectivity index (χ4n) is 1.99. The van der Waals surface area contributed by atoms with Gasteiger partial charge in [0.25, 0.3) is 10.0 Å². The lowest BCUT2D eigenvalue weighted by molar-refractivity contribution is -0.117. The van der Waals surface area contributed by atoms with Crippen LogP contribution in [0.2, 0.25) is 0 Å². The highest BCUT2D eigenvalue weighted by Gasteiger charge is 2.21. The summed E-state index contributed by atoms with van der Waals surface area (Å²) in [6.45, 7) is 3.14. The van der Waals surface area contributed by atoms with Crippen LogP contribution in [-0.4, -0.2) is 26.4 Å². The molecule has 2 rings (SSSR count).